The van der Waals surface area contributed by atoms with E-state index in [9.17, 15) is 24.9 Å². The van der Waals surface area contributed by atoms with Crippen LogP contribution in [0.2, 0.25) is 0 Å². The summed E-state index contributed by atoms with van der Waals surface area (Å²) in [6.07, 6.45) is -2.70. The van der Waals surface area contributed by atoms with E-state index < -0.39 is 54.1 Å². The number of aliphatic carboxylic acids is 1. The molecule has 0 aliphatic carbocycles. The molecule has 11 nitrogen and oxygen atoms in total. The lowest BCUT2D eigenvalue weighted by molar-refractivity contribution is -0.168. The molecule has 0 spiro atoms. The molecule has 0 bridgehead atoms. The van der Waals surface area contributed by atoms with Crippen molar-refractivity contribution in [2.24, 2.45) is 16.5 Å². The fourth-order valence-electron chi connectivity index (χ4n) is 2.86. The molecule has 0 unspecified atom stereocenters. The van der Waals surface area contributed by atoms with Crippen LogP contribution in [0, 0.1) is 0 Å². The van der Waals surface area contributed by atoms with Gasteiger partial charge in [-0.1, -0.05) is 0 Å². The second kappa shape index (κ2) is 7.68. The molecule has 0 saturated carbocycles. The maximum atomic E-state index is 11.6. The lowest BCUT2D eigenvalue weighted by Gasteiger charge is -2.42. The molecular formula is C14H22N4O7. The first-order valence-electron chi connectivity index (χ1n) is 7.64. The number of rotatable bonds is 4. The summed E-state index contributed by atoms with van der Waals surface area (Å²) in [5.74, 6) is -2.43. The summed E-state index contributed by atoms with van der Waals surface area (Å²) in [6.45, 7) is 1.12. The first-order valence-corrected chi connectivity index (χ1v) is 7.64. The molecule has 2 heterocycles. The molecule has 11 heteroatoms. The van der Waals surface area contributed by atoms with E-state index >= 15 is 0 Å². The number of ether oxygens (including phenoxy) is 2. The van der Waals surface area contributed by atoms with Crippen LogP contribution in [0.1, 0.15) is 13.3 Å². The average Bonchev–Trinajstić information content (AvgIpc) is 2.50. The fourth-order valence-corrected chi connectivity index (χ4v) is 2.86. The van der Waals surface area contributed by atoms with E-state index in [1.54, 1.807) is 0 Å². The van der Waals surface area contributed by atoms with Crippen molar-refractivity contribution in [3.63, 3.8) is 0 Å². The topological polar surface area (TPSA) is 190 Å². The predicted octanol–water partition coefficient (Wildman–Crippen LogP) is -2.99. The number of carbonyl (C=O) groups is 2. The number of guanidine groups is 1. The normalized spacial score (nSPS) is 35.1. The van der Waals surface area contributed by atoms with Crippen molar-refractivity contribution in [1.29, 1.82) is 0 Å². The van der Waals surface area contributed by atoms with Gasteiger partial charge in [0.1, 0.15) is 12.2 Å². The molecule has 6 atom stereocenters. The van der Waals surface area contributed by atoms with E-state index in [1.807, 2.05) is 0 Å². The summed E-state index contributed by atoms with van der Waals surface area (Å²) in [5, 5.41) is 31.3. The van der Waals surface area contributed by atoms with Gasteiger partial charge in [-0.25, -0.2) is 9.79 Å². The number of amides is 1. The number of carbonyl (C=O) groups excluding carboxylic acids is 1. The Hall–Kier alpha value is -2.37. The van der Waals surface area contributed by atoms with E-state index in [0.717, 1.165) is 0 Å². The molecule has 1 amide bonds. The van der Waals surface area contributed by atoms with Crippen LogP contribution in [0.25, 0.3) is 0 Å². The van der Waals surface area contributed by atoms with Crippen molar-refractivity contribution < 1.29 is 34.4 Å². The minimum atomic E-state index is -1.33. The molecule has 0 radical (unpaired) electrons. The second-order valence-corrected chi connectivity index (χ2v) is 5.93. The van der Waals surface area contributed by atoms with Gasteiger partial charge in [0, 0.05) is 13.3 Å². The monoisotopic (exact) mass is 358 g/mol. The van der Waals surface area contributed by atoms with Crippen LogP contribution in [0.4, 0.5) is 0 Å². The maximum absolute atomic E-state index is 11.6. The van der Waals surface area contributed by atoms with Crippen molar-refractivity contribution >= 4 is 17.8 Å². The van der Waals surface area contributed by atoms with E-state index in [0.29, 0.717) is 0 Å². The van der Waals surface area contributed by atoms with Gasteiger partial charge < -0.3 is 41.6 Å². The molecule has 1 saturated heterocycles. The van der Waals surface area contributed by atoms with Crippen molar-refractivity contribution in [2.45, 2.75) is 49.8 Å². The van der Waals surface area contributed by atoms with Gasteiger partial charge in [-0.3, -0.25) is 4.79 Å². The lowest BCUT2D eigenvalue weighted by atomic mass is 9.90. The molecule has 140 valence electrons. The molecule has 0 aromatic rings. The Labute approximate surface area is 143 Å². The highest BCUT2D eigenvalue weighted by molar-refractivity contribution is 5.85. The average molecular weight is 358 g/mol. The predicted molar refractivity (Wildman–Crippen MR) is 84.2 cm³/mol. The van der Waals surface area contributed by atoms with Gasteiger partial charge >= 0.3 is 5.97 Å². The van der Waals surface area contributed by atoms with E-state index in [1.165, 1.54) is 13.0 Å². The van der Waals surface area contributed by atoms with Crippen molar-refractivity contribution in [3.05, 3.63) is 11.8 Å². The Bertz CT molecular complexity index is 590. The summed E-state index contributed by atoms with van der Waals surface area (Å²) in [5.41, 5.74) is 10.8. The van der Waals surface area contributed by atoms with Crippen LogP contribution in [0.3, 0.4) is 0 Å². The standard InChI is InChI=1S/C14H22N4O7/c1-5(19)17-11-6(18-14(15)16)2-10(13(22)23)25-12(11)9-3-7(20)8(21)4-24-9/h2,6-9,11-12,20-21H,3-4H2,1H3,(H,17,19)(H,22,23)(H4,15,16,18)/t6-,7-,8+,9+,11+,12-/m0/s1. The zero-order valence-electron chi connectivity index (χ0n) is 13.5. The number of hydrogen-bond acceptors (Lipinski definition) is 7. The quantitative estimate of drug-likeness (QED) is 0.225. The van der Waals surface area contributed by atoms with E-state index in [4.69, 9.17) is 20.9 Å². The smallest absolute Gasteiger partial charge is 0.370 e. The summed E-state index contributed by atoms with van der Waals surface area (Å²) >= 11 is 0. The molecule has 2 rings (SSSR count). The number of carboxylic acid groups (broad SMARTS) is 1. The molecule has 2 aliphatic rings. The third-order valence-electron chi connectivity index (χ3n) is 3.95. The second-order valence-electron chi connectivity index (χ2n) is 5.93. The number of nitrogens with one attached hydrogen (secondary N) is 1. The number of carboxylic acids is 1. The van der Waals surface area contributed by atoms with Crippen LogP contribution in [-0.4, -0.2) is 76.3 Å². The molecule has 1 fully saturated rings. The van der Waals surface area contributed by atoms with E-state index in [2.05, 4.69) is 10.3 Å². The molecule has 0 aromatic carbocycles. The Kier molecular flexibility index (Phi) is 5.82. The van der Waals surface area contributed by atoms with Crippen LogP contribution < -0.4 is 16.8 Å². The SMILES string of the molecule is CC(=O)N[C@H]1[C@H]([C@H]2C[C@H](O)[C@H](O)CO2)OC(C(=O)O)=C[C@@H]1N=C(N)N. The van der Waals surface area contributed by atoms with Crippen LogP contribution in [-0.2, 0) is 19.1 Å². The number of aliphatic hydroxyl groups excluding tert-OH is 2. The van der Waals surface area contributed by atoms with Crippen LogP contribution >= 0.6 is 0 Å². The Morgan fingerprint density at radius 2 is 2.00 bits per heavy atom. The Morgan fingerprint density at radius 3 is 2.52 bits per heavy atom. The van der Waals surface area contributed by atoms with Crippen molar-refractivity contribution in [1.82, 2.24) is 5.32 Å². The molecule has 0 aromatic heterocycles. The largest absolute Gasteiger partial charge is 0.478 e. The Morgan fingerprint density at radius 1 is 1.32 bits per heavy atom. The summed E-state index contributed by atoms with van der Waals surface area (Å²) in [6, 6.07) is -1.72. The summed E-state index contributed by atoms with van der Waals surface area (Å²) < 4.78 is 11.0. The van der Waals surface area contributed by atoms with Crippen LogP contribution in [0.15, 0.2) is 16.8 Å². The molecule has 25 heavy (non-hydrogen) atoms. The van der Waals surface area contributed by atoms with Gasteiger partial charge in [0.05, 0.1) is 30.9 Å². The van der Waals surface area contributed by atoms with Crippen molar-refractivity contribution in [3.8, 4) is 0 Å². The van der Waals surface area contributed by atoms with Crippen LogP contribution in [0.5, 0.6) is 0 Å². The third kappa shape index (κ3) is 4.59. The van der Waals surface area contributed by atoms with Gasteiger partial charge in [-0.05, 0) is 6.08 Å². The van der Waals surface area contributed by atoms with E-state index in [-0.39, 0.29) is 19.0 Å². The third-order valence-corrected chi connectivity index (χ3v) is 3.95. The first kappa shape index (κ1) is 19.0. The zero-order valence-corrected chi connectivity index (χ0v) is 13.5. The summed E-state index contributed by atoms with van der Waals surface area (Å²) in [7, 11) is 0. The minimum Gasteiger partial charge on any atom is -0.478 e. The highest BCUT2D eigenvalue weighted by Crippen LogP contribution is 2.29. The number of nitrogens with two attached hydrogens (primary N) is 2. The first-order chi connectivity index (χ1) is 11.7. The highest BCUT2D eigenvalue weighted by Gasteiger charge is 2.45. The highest BCUT2D eigenvalue weighted by atomic mass is 16.6. The van der Waals surface area contributed by atoms with Gasteiger partial charge in [0.2, 0.25) is 11.7 Å². The zero-order chi connectivity index (χ0) is 18.7. The molecular weight excluding hydrogens is 336 g/mol. The number of nitrogens with zero attached hydrogens (tertiary/aromatic N) is 1. The van der Waals surface area contributed by atoms with Crippen molar-refractivity contribution in [2.75, 3.05) is 6.61 Å². The van der Waals surface area contributed by atoms with Gasteiger partial charge in [-0.15, -0.1) is 0 Å². The minimum absolute atomic E-state index is 0.0106. The van der Waals surface area contributed by atoms with Gasteiger partial charge in [-0.2, -0.15) is 0 Å². The molecule has 2 aliphatic heterocycles. The Balaban J connectivity index is 2.36. The number of hydrogen-bond donors (Lipinski definition) is 6. The molecule has 8 N–H and O–H groups in total. The lowest BCUT2D eigenvalue weighted by Crippen LogP contribution is -2.60. The maximum Gasteiger partial charge on any atom is 0.370 e. The fraction of sp³-hybridized carbons (Fsp3) is 0.643. The summed E-state index contributed by atoms with van der Waals surface area (Å²) in [4.78, 5) is 26.8. The van der Waals surface area contributed by atoms with Gasteiger partial charge in [0.25, 0.3) is 0 Å². The number of aliphatic hydroxyl groups is 2. The van der Waals surface area contributed by atoms with Gasteiger partial charge in [0.15, 0.2) is 5.96 Å². The number of aliphatic imine (C=N–C) groups is 1.